The third-order valence-corrected chi connectivity index (χ3v) is 13.0. The molecule has 3 saturated carbocycles. The summed E-state index contributed by atoms with van der Waals surface area (Å²) in [7, 11) is 0. The molecule has 39 heavy (non-hydrogen) atoms. The van der Waals surface area contributed by atoms with E-state index in [1.807, 2.05) is 9.80 Å². The summed E-state index contributed by atoms with van der Waals surface area (Å²) >= 11 is 1.24. The molecule has 0 bridgehead atoms. The Kier molecular flexibility index (Phi) is 7.45. The smallest absolute Gasteiger partial charge is 0.265 e. The number of hydrogen-bond acceptors (Lipinski definition) is 5. The minimum absolute atomic E-state index is 0.0386. The molecule has 7 heteroatoms. The molecule has 1 N–H and O–H groups in total. The van der Waals surface area contributed by atoms with Gasteiger partial charge in [-0.2, -0.15) is 0 Å². The minimum Gasteiger partial charge on any atom is -0.393 e. The maximum Gasteiger partial charge on any atom is 0.265 e. The number of aliphatic hydroxyl groups is 1. The lowest BCUT2D eigenvalue weighted by atomic mass is 9.47. The fraction of sp³-hybridized carbons (Fsp3) is 0.781. The van der Waals surface area contributed by atoms with E-state index >= 15 is 0 Å². The molecule has 0 aromatic carbocycles. The molecule has 6 nitrogen and oxygen atoms in total. The Hall–Kier alpha value is -1.73. The van der Waals surface area contributed by atoms with Gasteiger partial charge in [-0.15, -0.1) is 0 Å². The van der Waals surface area contributed by atoms with Crippen LogP contribution in [0.1, 0.15) is 94.7 Å². The van der Waals surface area contributed by atoms with Gasteiger partial charge in [0.05, 0.1) is 6.10 Å². The van der Waals surface area contributed by atoms with Crippen molar-refractivity contribution < 1.29 is 14.7 Å². The summed E-state index contributed by atoms with van der Waals surface area (Å²) in [5.41, 5.74) is 2.25. The summed E-state index contributed by atoms with van der Waals surface area (Å²) in [5.74, 6) is 3.92. The highest BCUT2D eigenvalue weighted by Gasteiger charge is 2.59. The number of hydrogen-bond donors (Lipinski definition) is 1. The van der Waals surface area contributed by atoms with E-state index in [-0.39, 0.29) is 17.9 Å². The van der Waals surface area contributed by atoms with Crippen molar-refractivity contribution in [1.82, 2.24) is 14.2 Å². The molecule has 1 saturated heterocycles. The van der Waals surface area contributed by atoms with Crippen molar-refractivity contribution in [2.45, 2.75) is 91.1 Å². The van der Waals surface area contributed by atoms with Crippen LogP contribution in [0.15, 0.2) is 23.9 Å². The molecule has 0 unspecified atom stereocenters. The molecule has 1 aromatic heterocycles. The van der Waals surface area contributed by atoms with Gasteiger partial charge in [-0.3, -0.25) is 9.59 Å². The van der Waals surface area contributed by atoms with E-state index in [2.05, 4.69) is 31.2 Å². The van der Waals surface area contributed by atoms with Crippen molar-refractivity contribution in [1.29, 1.82) is 0 Å². The van der Waals surface area contributed by atoms with Gasteiger partial charge >= 0.3 is 0 Å². The Morgan fingerprint density at radius 1 is 1.08 bits per heavy atom. The molecule has 6 rings (SSSR count). The molecule has 4 fully saturated rings. The highest BCUT2D eigenvalue weighted by atomic mass is 32.1. The summed E-state index contributed by atoms with van der Waals surface area (Å²) in [6, 6.07) is 1.77. The molecule has 5 aliphatic rings. The molecule has 0 spiro atoms. The van der Waals surface area contributed by atoms with Crippen LogP contribution in [-0.2, 0) is 4.79 Å². The van der Waals surface area contributed by atoms with Crippen molar-refractivity contribution in [2.75, 3.05) is 26.2 Å². The zero-order chi connectivity index (χ0) is 27.4. The third kappa shape index (κ3) is 4.79. The monoisotopic (exact) mass is 553 g/mol. The van der Waals surface area contributed by atoms with Crippen molar-refractivity contribution in [2.24, 2.45) is 40.4 Å². The second-order valence-corrected chi connectivity index (χ2v) is 14.8. The molecule has 1 aromatic rings. The quantitative estimate of drug-likeness (QED) is 0.469. The van der Waals surface area contributed by atoms with Crippen LogP contribution in [0.4, 0.5) is 0 Å². The lowest BCUT2D eigenvalue weighted by Gasteiger charge is -2.58. The molecule has 1 aliphatic heterocycles. The molecule has 8 atom stereocenters. The summed E-state index contributed by atoms with van der Waals surface area (Å²) in [6.45, 7) is 10.0. The first-order valence-electron chi connectivity index (χ1n) is 15.6. The maximum absolute atomic E-state index is 13.2. The van der Waals surface area contributed by atoms with Crippen molar-refractivity contribution in [3.8, 4) is 0 Å². The number of aliphatic hydroxyl groups excluding tert-OH is 1. The van der Waals surface area contributed by atoms with Crippen LogP contribution in [0.3, 0.4) is 0 Å². The van der Waals surface area contributed by atoms with E-state index in [9.17, 15) is 14.7 Å². The highest BCUT2D eigenvalue weighted by Crippen LogP contribution is 2.67. The van der Waals surface area contributed by atoms with Crippen LogP contribution in [0.25, 0.3) is 0 Å². The van der Waals surface area contributed by atoms with Gasteiger partial charge < -0.3 is 14.9 Å². The first-order chi connectivity index (χ1) is 18.7. The molecule has 4 aliphatic carbocycles. The van der Waals surface area contributed by atoms with E-state index in [0.717, 1.165) is 43.4 Å². The van der Waals surface area contributed by atoms with E-state index in [1.54, 1.807) is 17.8 Å². The Morgan fingerprint density at radius 3 is 2.59 bits per heavy atom. The van der Waals surface area contributed by atoms with Gasteiger partial charge in [0.25, 0.3) is 5.91 Å². The SMILES string of the molecule is C[C@H](CCC(=O)N1CCN(C(=O)c2ccns2)CC1)[C@H]1CC[C@H]2[C@@H]3CC=C4C[C@@H](O)CC[C@]4(C)[C@H]3CC[C@]12C. The van der Waals surface area contributed by atoms with Crippen molar-refractivity contribution >= 4 is 23.3 Å². The largest absolute Gasteiger partial charge is 0.393 e. The summed E-state index contributed by atoms with van der Waals surface area (Å²) in [4.78, 5) is 30.3. The number of aromatic nitrogens is 1. The molecule has 214 valence electrons. The van der Waals surface area contributed by atoms with Gasteiger partial charge in [0.1, 0.15) is 4.88 Å². The predicted molar refractivity (Wildman–Crippen MR) is 154 cm³/mol. The second-order valence-electron chi connectivity index (χ2n) is 13.9. The number of allylic oxidation sites excluding steroid dienone is 1. The number of carbonyl (C=O) groups excluding carboxylic acids is 2. The number of piperazine rings is 1. The number of nitrogens with zero attached hydrogens (tertiary/aromatic N) is 3. The Morgan fingerprint density at radius 2 is 1.85 bits per heavy atom. The van der Waals surface area contributed by atoms with Gasteiger partial charge in [-0.25, -0.2) is 4.37 Å². The average molecular weight is 554 g/mol. The average Bonchev–Trinajstić information content (AvgIpc) is 3.60. The van der Waals surface area contributed by atoms with Crippen LogP contribution in [0.2, 0.25) is 0 Å². The normalized spacial score (nSPS) is 38.9. The van der Waals surface area contributed by atoms with Crippen LogP contribution >= 0.6 is 11.5 Å². The van der Waals surface area contributed by atoms with E-state index in [1.165, 1.54) is 43.6 Å². The first kappa shape index (κ1) is 27.4. The van der Waals surface area contributed by atoms with Gasteiger partial charge in [-0.1, -0.05) is 32.4 Å². The standard InChI is InChI=1S/C32H47N3O3S/c1-21(4-9-29(37)34-16-18-35(19-17-34)30(38)28-12-15-33-39-28)25-7-8-26-24-6-5-22-20-23(36)10-13-31(22,2)27(24)11-14-32(25,26)3/h5,12,15,21,23-27,36H,4,6-11,13-14,16-20H2,1-3H3/t21-,23+,24+,25-,26+,27+,31+,32-/m1/s1. The molecule has 2 amide bonds. The van der Waals surface area contributed by atoms with Gasteiger partial charge in [-0.05, 0) is 116 Å². The minimum atomic E-state index is -0.135. The van der Waals surface area contributed by atoms with Crippen LogP contribution in [0, 0.1) is 40.4 Å². The summed E-state index contributed by atoms with van der Waals surface area (Å²) in [5, 5.41) is 10.3. The van der Waals surface area contributed by atoms with Crippen molar-refractivity contribution in [3.05, 3.63) is 28.8 Å². The maximum atomic E-state index is 13.2. The highest BCUT2D eigenvalue weighted by molar-refractivity contribution is 7.08. The van der Waals surface area contributed by atoms with Gasteiger partial charge in [0.15, 0.2) is 0 Å². The van der Waals surface area contributed by atoms with Gasteiger partial charge in [0.2, 0.25) is 5.91 Å². The number of carbonyl (C=O) groups is 2. The van der Waals surface area contributed by atoms with E-state index in [4.69, 9.17) is 0 Å². The molecular formula is C32H47N3O3S. The molecule has 2 heterocycles. The lowest BCUT2D eigenvalue weighted by molar-refractivity contribution is -0.133. The fourth-order valence-corrected chi connectivity index (χ4v) is 10.5. The molecule has 0 radical (unpaired) electrons. The predicted octanol–water partition coefficient (Wildman–Crippen LogP) is 5.78. The number of amides is 2. The Labute approximate surface area is 238 Å². The number of rotatable bonds is 5. The van der Waals surface area contributed by atoms with Crippen LogP contribution < -0.4 is 0 Å². The summed E-state index contributed by atoms with van der Waals surface area (Å²) in [6.07, 6.45) is 15.2. The Bertz CT molecular complexity index is 1100. The first-order valence-corrected chi connectivity index (χ1v) is 16.3. The fourth-order valence-electron chi connectivity index (χ4n) is 9.97. The molecular weight excluding hydrogens is 506 g/mol. The van der Waals surface area contributed by atoms with Gasteiger partial charge in [0, 0.05) is 38.8 Å². The third-order valence-electron chi connectivity index (χ3n) is 12.2. The Balaban J connectivity index is 1.03. The zero-order valence-electron chi connectivity index (χ0n) is 24.1. The van der Waals surface area contributed by atoms with E-state index < -0.39 is 0 Å². The van der Waals surface area contributed by atoms with Crippen LogP contribution in [-0.4, -0.2) is 63.4 Å². The van der Waals surface area contributed by atoms with E-state index in [0.29, 0.717) is 60.1 Å². The number of fused-ring (bicyclic) bond motifs is 5. The lowest BCUT2D eigenvalue weighted by Crippen LogP contribution is -2.51. The van der Waals surface area contributed by atoms with Crippen LogP contribution in [0.5, 0.6) is 0 Å². The second kappa shape index (κ2) is 10.6. The van der Waals surface area contributed by atoms with Crippen molar-refractivity contribution in [3.63, 3.8) is 0 Å². The zero-order valence-corrected chi connectivity index (χ0v) is 24.9. The topological polar surface area (TPSA) is 73.7 Å². The summed E-state index contributed by atoms with van der Waals surface area (Å²) < 4.78 is 4.04.